The van der Waals surface area contributed by atoms with Gasteiger partial charge in [-0.3, -0.25) is 4.79 Å². The predicted octanol–water partition coefficient (Wildman–Crippen LogP) is 2.16. The standard InChI is InChI=1S/C18H26N4O/c1-12-20-15-7-3-2-6-14(15)18(21-12)22-9-5-4-8-16(22)13-10-17(23)19-11-13/h13,16H,2-11H2,1H3,(H,19,23). The number of piperidine rings is 1. The first-order valence-corrected chi connectivity index (χ1v) is 9.12. The highest BCUT2D eigenvalue weighted by atomic mass is 16.1. The molecule has 1 amide bonds. The van der Waals surface area contributed by atoms with Crippen LogP contribution >= 0.6 is 0 Å². The van der Waals surface area contributed by atoms with Gasteiger partial charge in [0.05, 0.1) is 0 Å². The average Bonchev–Trinajstić information content (AvgIpc) is 3.00. The highest BCUT2D eigenvalue weighted by Crippen LogP contribution is 2.35. The number of nitrogens with zero attached hydrogens (tertiary/aromatic N) is 3. The number of nitrogens with one attached hydrogen (secondary N) is 1. The van der Waals surface area contributed by atoms with Crippen molar-refractivity contribution >= 4 is 11.7 Å². The zero-order chi connectivity index (χ0) is 15.8. The molecule has 23 heavy (non-hydrogen) atoms. The number of hydrogen-bond acceptors (Lipinski definition) is 4. The van der Waals surface area contributed by atoms with E-state index in [2.05, 4.69) is 10.2 Å². The largest absolute Gasteiger partial charge is 0.356 e. The second-order valence-electron chi connectivity index (χ2n) is 7.25. The molecular formula is C18H26N4O. The minimum atomic E-state index is 0.210. The molecule has 2 aliphatic heterocycles. The van der Waals surface area contributed by atoms with Gasteiger partial charge in [0.25, 0.3) is 0 Å². The fourth-order valence-corrected chi connectivity index (χ4v) is 4.54. The number of hydrogen-bond donors (Lipinski definition) is 1. The molecule has 2 atom stereocenters. The Hall–Kier alpha value is -1.65. The molecule has 3 aliphatic rings. The first-order valence-electron chi connectivity index (χ1n) is 9.12. The van der Waals surface area contributed by atoms with E-state index in [4.69, 9.17) is 9.97 Å². The normalized spacial score (nSPS) is 27.7. The Labute approximate surface area is 137 Å². The molecule has 0 bridgehead atoms. The van der Waals surface area contributed by atoms with Crippen molar-refractivity contribution in [2.24, 2.45) is 5.92 Å². The Morgan fingerprint density at radius 2 is 2.00 bits per heavy atom. The molecule has 1 aromatic heterocycles. The fourth-order valence-electron chi connectivity index (χ4n) is 4.54. The quantitative estimate of drug-likeness (QED) is 0.909. The number of anilines is 1. The van der Waals surface area contributed by atoms with Crippen LogP contribution in [0.15, 0.2) is 0 Å². The summed E-state index contributed by atoms with van der Waals surface area (Å²) in [4.78, 5) is 23.8. The van der Waals surface area contributed by atoms with Crippen LogP contribution in [0.4, 0.5) is 5.82 Å². The van der Waals surface area contributed by atoms with E-state index >= 15 is 0 Å². The van der Waals surface area contributed by atoms with Gasteiger partial charge in [-0.1, -0.05) is 0 Å². The Balaban J connectivity index is 1.69. The summed E-state index contributed by atoms with van der Waals surface area (Å²) in [6.45, 7) is 3.91. The number of fused-ring (bicyclic) bond motifs is 1. The number of rotatable bonds is 2. The van der Waals surface area contributed by atoms with Crippen LogP contribution in [0, 0.1) is 12.8 Å². The molecule has 1 N–H and O–H groups in total. The topological polar surface area (TPSA) is 58.1 Å². The number of aromatic nitrogens is 2. The van der Waals surface area contributed by atoms with Crippen molar-refractivity contribution in [2.75, 3.05) is 18.0 Å². The zero-order valence-corrected chi connectivity index (χ0v) is 14.0. The first-order chi connectivity index (χ1) is 11.2. The number of carbonyl (C=O) groups excluding carboxylic acids is 1. The van der Waals surface area contributed by atoms with Crippen molar-refractivity contribution in [1.29, 1.82) is 0 Å². The van der Waals surface area contributed by atoms with E-state index in [-0.39, 0.29) is 5.91 Å². The maximum absolute atomic E-state index is 11.7. The lowest BCUT2D eigenvalue weighted by molar-refractivity contribution is -0.119. The summed E-state index contributed by atoms with van der Waals surface area (Å²) in [5.74, 6) is 2.71. The molecule has 5 nitrogen and oxygen atoms in total. The number of amides is 1. The lowest BCUT2D eigenvalue weighted by Crippen LogP contribution is -2.46. The lowest BCUT2D eigenvalue weighted by atomic mass is 9.88. The smallest absolute Gasteiger partial charge is 0.220 e. The molecule has 2 unspecified atom stereocenters. The summed E-state index contributed by atoms with van der Waals surface area (Å²) >= 11 is 0. The summed E-state index contributed by atoms with van der Waals surface area (Å²) in [5, 5.41) is 3.01. The molecule has 1 aromatic rings. The van der Waals surface area contributed by atoms with Gasteiger partial charge in [0.2, 0.25) is 5.91 Å². The third-order valence-electron chi connectivity index (χ3n) is 5.65. The van der Waals surface area contributed by atoms with Crippen LogP contribution in [0.1, 0.15) is 55.6 Å². The third-order valence-corrected chi connectivity index (χ3v) is 5.65. The van der Waals surface area contributed by atoms with E-state index in [0.717, 1.165) is 31.8 Å². The summed E-state index contributed by atoms with van der Waals surface area (Å²) in [5.41, 5.74) is 2.65. The Kier molecular flexibility index (Phi) is 3.95. The van der Waals surface area contributed by atoms with Gasteiger partial charge in [-0.05, 0) is 51.9 Å². The van der Waals surface area contributed by atoms with E-state index in [1.54, 1.807) is 0 Å². The molecule has 1 aliphatic carbocycles. The van der Waals surface area contributed by atoms with Crippen LogP contribution in [-0.4, -0.2) is 35.0 Å². The highest BCUT2D eigenvalue weighted by Gasteiger charge is 2.36. The molecule has 2 fully saturated rings. The van der Waals surface area contributed by atoms with Crippen molar-refractivity contribution in [2.45, 2.75) is 64.3 Å². The lowest BCUT2D eigenvalue weighted by Gasteiger charge is -2.41. The van der Waals surface area contributed by atoms with Crippen LogP contribution < -0.4 is 10.2 Å². The predicted molar refractivity (Wildman–Crippen MR) is 89.5 cm³/mol. The summed E-state index contributed by atoms with van der Waals surface area (Å²) in [7, 11) is 0. The van der Waals surface area contributed by atoms with Crippen LogP contribution in [0.2, 0.25) is 0 Å². The van der Waals surface area contributed by atoms with Crippen LogP contribution in [0.5, 0.6) is 0 Å². The van der Waals surface area contributed by atoms with Crippen molar-refractivity contribution in [1.82, 2.24) is 15.3 Å². The first kappa shape index (κ1) is 14.9. The van der Waals surface area contributed by atoms with E-state index in [1.165, 1.54) is 49.2 Å². The van der Waals surface area contributed by atoms with E-state index in [9.17, 15) is 4.79 Å². The van der Waals surface area contributed by atoms with Crippen LogP contribution in [0.25, 0.3) is 0 Å². The van der Waals surface area contributed by atoms with Crippen molar-refractivity contribution in [3.8, 4) is 0 Å². The Bertz CT molecular complexity index is 615. The SMILES string of the molecule is Cc1nc2c(c(N3CCCCC3C3CNC(=O)C3)n1)CCCC2. The van der Waals surface area contributed by atoms with Gasteiger partial charge in [-0.2, -0.15) is 0 Å². The second kappa shape index (κ2) is 6.10. The van der Waals surface area contributed by atoms with Gasteiger partial charge < -0.3 is 10.2 Å². The van der Waals surface area contributed by atoms with Crippen molar-refractivity contribution < 1.29 is 4.79 Å². The molecule has 4 rings (SSSR count). The monoisotopic (exact) mass is 314 g/mol. The maximum Gasteiger partial charge on any atom is 0.220 e. The molecule has 0 saturated carbocycles. The zero-order valence-electron chi connectivity index (χ0n) is 14.0. The van der Waals surface area contributed by atoms with E-state index < -0.39 is 0 Å². The van der Waals surface area contributed by atoms with Crippen LogP contribution in [-0.2, 0) is 17.6 Å². The summed E-state index contributed by atoms with van der Waals surface area (Å²) in [6, 6.07) is 0.447. The van der Waals surface area contributed by atoms with Gasteiger partial charge in [0.15, 0.2) is 0 Å². The molecule has 3 heterocycles. The maximum atomic E-state index is 11.7. The minimum absolute atomic E-state index is 0.210. The molecular weight excluding hydrogens is 288 g/mol. The van der Waals surface area contributed by atoms with Gasteiger partial charge in [-0.25, -0.2) is 9.97 Å². The summed E-state index contributed by atoms with van der Waals surface area (Å²) < 4.78 is 0. The number of aryl methyl sites for hydroxylation is 2. The second-order valence-corrected chi connectivity index (χ2v) is 7.25. The Morgan fingerprint density at radius 1 is 1.13 bits per heavy atom. The minimum Gasteiger partial charge on any atom is -0.356 e. The van der Waals surface area contributed by atoms with Gasteiger partial charge in [0, 0.05) is 42.7 Å². The van der Waals surface area contributed by atoms with Crippen molar-refractivity contribution in [3.63, 3.8) is 0 Å². The average molecular weight is 314 g/mol. The van der Waals surface area contributed by atoms with E-state index in [0.29, 0.717) is 18.4 Å². The van der Waals surface area contributed by atoms with Crippen molar-refractivity contribution in [3.05, 3.63) is 17.1 Å². The molecule has 5 heteroatoms. The molecule has 124 valence electrons. The van der Waals surface area contributed by atoms with Gasteiger partial charge in [0.1, 0.15) is 11.6 Å². The molecule has 2 saturated heterocycles. The number of carbonyl (C=O) groups is 1. The fraction of sp³-hybridized carbons (Fsp3) is 0.722. The summed E-state index contributed by atoms with van der Waals surface area (Å²) in [6.07, 6.45) is 9.02. The van der Waals surface area contributed by atoms with Gasteiger partial charge in [-0.15, -0.1) is 0 Å². The third kappa shape index (κ3) is 2.81. The molecule has 0 radical (unpaired) electrons. The van der Waals surface area contributed by atoms with Crippen LogP contribution in [0.3, 0.4) is 0 Å². The Morgan fingerprint density at radius 3 is 2.83 bits per heavy atom. The van der Waals surface area contributed by atoms with E-state index in [1.807, 2.05) is 6.92 Å². The molecule has 0 aromatic carbocycles. The molecule has 0 spiro atoms. The highest BCUT2D eigenvalue weighted by molar-refractivity contribution is 5.78. The van der Waals surface area contributed by atoms with Gasteiger partial charge >= 0.3 is 0 Å².